The lowest BCUT2D eigenvalue weighted by Crippen LogP contribution is -2.29. The summed E-state index contributed by atoms with van der Waals surface area (Å²) in [5, 5.41) is 7.59. The summed E-state index contributed by atoms with van der Waals surface area (Å²) >= 11 is 0. The number of hydrogen-bond donors (Lipinski definition) is 1. The van der Waals surface area contributed by atoms with Crippen molar-refractivity contribution in [2.45, 2.75) is 19.0 Å². The zero-order chi connectivity index (χ0) is 13.1. The fourth-order valence-electron chi connectivity index (χ4n) is 2.65. The normalized spacial score (nSPS) is 18.9. The highest BCUT2D eigenvalue weighted by Crippen LogP contribution is 2.15. The van der Waals surface area contributed by atoms with Crippen LogP contribution in [0.2, 0.25) is 0 Å². The van der Waals surface area contributed by atoms with Crippen LogP contribution in [0.5, 0.6) is 0 Å². The Morgan fingerprint density at radius 2 is 2.10 bits per heavy atom. The number of benzene rings is 1. The molecule has 1 unspecified atom stereocenters. The predicted octanol–water partition coefficient (Wildman–Crippen LogP) is 2.09. The Morgan fingerprint density at radius 3 is 2.70 bits per heavy atom. The average Bonchev–Trinajstić information content (AvgIpc) is 3.10. The van der Waals surface area contributed by atoms with Crippen LogP contribution in [0.4, 0.5) is 0 Å². The van der Waals surface area contributed by atoms with Gasteiger partial charge in [0.25, 0.3) is 0 Å². The van der Waals surface area contributed by atoms with Gasteiger partial charge in [-0.25, -0.2) is 4.68 Å². The Labute approximate surface area is 126 Å². The zero-order valence-corrected chi connectivity index (χ0v) is 12.5. The van der Waals surface area contributed by atoms with E-state index in [1.807, 2.05) is 24.0 Å². The molecule has 2 aromatic rings. The van der Waals surface area contributed by atoms with Gasteiger partial charge in [0.2, 0.25) is 0 Å². The van der Waals surface area contributed by atoms with Gasteiger partial charge in [0.15, 0.2) is 0 Å². The van der Waals surface area contributed by atoms with E-state index in [-0.39, 0.29) is 12.4 Å². The maximum Gasteiger partial charge on any atom is 0.0645 e. The van der Waals surface area contributed by atoms with Crippen molar-refractivity contribution in [1.29, 1.82) is 0 Å². The largest absolute Gasteiger partial charge is 0.316 e. The summed E-state index contributed by atoms with van der Waals surface area (Å²) in [5.41, 5.74) is 2.48. The Kier molecular flexibility index (Phi) is 5.17. The van der Waals surface area contributed by atoms with Crippen molar-refractivity contribution in [1.82, 2.24) is 20.0 Å². The van der Waals surface area contributed by atoms with E-state index in [1.165, 1.54) is 18.5 Å². The van der Waals surface area contributed by atoms with E-state index in [4.69, 9.17) is 0 Å². The van der Waals surface area contributed by atoms with Crippen LogP contribution in [-0.2, 0) is 6.54 Å². The van der Waals surface area contributed by atoms with Gasteiger partial charge in [-0.3, -0.25) is 4.90 Å². The molecule has 1 fully saturated rings. The van der Waals surface area contributed by atoms with Gasteiger partial charge in [-0.15, -0.1) is 12.4 Å². The highest BCUT2D eigenvalue weighted by atomic mass is 35.5. The predicted molar refractivity (Wildman–Crippen MR) is 83.6 cm³/mol. The molecule has 4 nitrogen and oxygen atoms in total. The van der Waals surface area contributed by atoms with Crippen molar-refractivity contribution in [3.63, 3.8) is 0 Å². The van der Waals surface area contributed by atoms with E-state index in [1.54, 1.807) is 6.20 Å². The van der Waals surface area contributed by atoms with Crippen LogP contribution >= 0.6 is 12.4 Å². The lowest BCUT2D eigenvalue weighted by molar-refractivity contribution is 0.322. The van der Waals surface area contributed by atoms with Crippen LogP contribution < -0.4 is 5.32 Å². The maximum absolute atomic E-state index is 4.24. The first-order chi connectivity index (χ1) is 9.35. The molecular weight excluding hydrogens is 272 g/mol. The van der Waals surface area contributed by atoms with E-state index in [9.17, 15) is 0 Å². The summed E-state index contributed by atoms with van der Waals surface area (Å²) in [5.74, 6) is 0. The highest BCUT2D eigenvalue weighted by Gasteiger charge is 2.20. The van der Waals surface area contributed by atoms with Crippen molar-refractivity contribution >= 4 is 12.4 Å². The first-order valence-electron chi connectivity index (χ1n) is 6.84. The molecule has 0 saturated carbocycles. The molecule has 1 aliphatic rings. The van der Waals surface area contributed by atoms with Gasteiger partial charge in [0.1, 0.15) is 0 Å². The van der Waals surface area contributed by atoms with Gasteiger partial charge in [0, 0.05) is 38.1 Å². The highest BCUT2D eigenvalue weighted by molar-refractivity contribution is 5.85. The molecule has 2 heterocycles. The molecule has 1 atom stereocenters. The molecule has 1 saturated heterocycles. The number of rotatable bonds is 4. The first-order valence-corrected chi connectivity index (χ1v) is 6.84. The number of nitrogens with zero attached hydrogens (tertiary/aromatic N) is 3. The van der Waals surface area contributed by atoms with Gasteiger partial charge < -0.3 is 5.32 Å². The Morgan fingerprint density at radius 1 is 1.30 bits per heavy atom. The smallest absolute Gasteiger partial charge is 0.0645 e. The molecule has 1 aliphatic heterocycles. The fourth-order valence-corrected chi connectivity index (χ4v) is 2.65. The molecular formula is C15H21ClN4. The van der Waals surface area contributed by atoms with E-state index in [0.29, 0.717) is 6.04 Å². The molecule has 0 bridgehead atoms. The summed E-state index contributed by atoms with van der Waals surface area (Å²) in [4.78, 5) is 2.50. The quantitative estimate of drug-likeness (QED) is 0.937. The number of halogens is 1. The third-order valence-corrected chi connectivity index (χ3v) is 3.79. The first kappa shape index (κ1) is 15.0. The molecule has 1 aromatic heterocycles. The zero-order valence-electron chi connectivity index (χ0n) is 11.7. The van der Waals surface area contributed by atoms with Crippen LogP contribution in [-0.4, -0.2) is 40.9 Å². The summed E-state index contributed by atoms with van der Waals surface area (Å²) in [6.45, 7) is 3.38. The summed E-state index contributed by atoms with van der Waals surface area (Å²) in [7, 11) is 2.05. The van der Waals surface area contributed by atoms with Gasteiger partial charge in [0.05, 0.1) is 5.69 Å². The van der Waals surface area contributed by atoms with Crippen molar-refractivity contribution in [2.75, 3.05) is 20.1 Å². The van der Waals surface area contributed by atoms with Crippen molar-refractivity contribution in [2.24, 2.45) is 0 Å². The van der Waals surface area contributed by atoms with Gasteiger partial charge in [-0.2, -0.15) is 5.10 Å². The minimum Gasteiger partial charge on any atom is -0.316 e. The fraction of sp³-hybridized carbons (Fsp3) is 0.400. The molecule has 108 valence electrons. The lowest BCUT2D eigenvalue weighted by Gasteiger charge is -2.16. The second kappa shape index (κ2) is 6.88. The summed E-state index contributed by atoms with van der Waals surface area (Å²) in [6, 6.07) is 11.3. The number of likely N-dealkylation sites (tertiary alicyclic amines) is 1. The summed E-state index contributed by atoms with van der Waals surface area (Å²) in [6.07, 6.45) is 5.02. The lowest BCUT2D eigenvalue weighted by atomic mass is 10.2. The van der Waals surface area contributed by atoms with Crippen molar-refractivity contribution in [3.8, 4) is 5.69 Å². The van der Waals surface area contributed by atoms with E-state index in [2.05, 4.69) is 39.6 Å². The molecule has 1 N–H and O–H groups in total. The van der Waals surface area contributed by atoms with Crippen LogP contribution in [0.1, 0.15) is 12.0 Å². The number of aromatic nitrogens is 2. The van der Waals surface area contributed by atoms with Crippen LogP contribution in [0.25, 0.3) is 5.69 Å². The van der Waals surface area contributed by atoms with E-state index < -0.39 is 0 Å². The standard InChI is InChI=1S/C15H20N4.ClH/c1-16-14-7-10-18(12-14)11-13-3-5-15(6-4-13)19-9-2-8-17-19;/h2-6,8-9,14,16H,7,10-12H2,1H3;1H. The van der Waals surface area contributed by atoms with Crippen molar-refractivity contribution in [3.05, 3.63) is 48.3 Å². The van der Waals surface area contributed by atoms with Crippen molar-refractivity contribution < 1.29 is 0 Å². The number of hydrogen-bond acceptors (Lipinski definition) is 3. The Balaban J connectivity index is 0.00000147. The molecule has 3 rings (SSSR count). The second-order valence-corrected chi connectivity index (χ2v) is 5.13. The Bertz CT molecular complexity index is 509. The monoisotopic (exact) mass is 292 g/mol. The molecule has 0 radical (unpaired) electrons. The van der Waals surface area contributed by atoms with Gasteiger partial charge in [-0.1, -0.05) is 12.1 Å². The number of likely N-dealkylation sites (N-methyl/N-ethyl adjacent to an activating group) is 1. The third kappa shape index (κ3) is 3.39. The molecule has 0 aliphatic carbocycles. The molecule has 0 spiro atoms. The minimum atomic E-state index is 0. The molecule has 20 heavy (non-hydrogen) atoms. The molecule has 0 amide bonds. The average molecular weight is 293 g/mol. The topological polar surface area (TPSA) is 33.1 Å². The Hall–Kier alpha value is -1.36. The van der Waals surface area contributed by atoms with E-state index >= 15 is 0 Å². The van der Waals surface area contributed by atoms with Gasteiger partial charge >= 0.3 is 0 Å². The van der Waals surface area contributed by atoms with Crippen LogP contribution in [0.15, 0.2) is 42.7 Å². The SMILES string of the molecule is CNC1CCN(Cc2ccc(-n3cccn3)cc2)C1.Cl. The van der Waals surface area contributed by atoms with Gasteiger partial charge in [-0.05, 0) is 37.2 Å². The maximum atomic E-state index is 4.24. The van der Waals surface area contributed by atoms with E-state index in [0.717, 1.165) is 18.8 Å². The molecule has 1 aromatic carbocycles. The minimum absolute atomic E-state index is 0. The van der Waals surface area contributed by atoms with Crippen LogP contribution in [0, 0.1) is 0 Å². The number of nitrogens with one attached hydrogen (secondary N) is 1. The summed E-state index contributed by atoms with van der Waals surface area (Å²) < 4.78 is 1.89. The van der Waals surface area contributed by atoms with Crippen LogP contribution in [0.3, 0.4) is 0 Å². The second-order valence-electron chi connectivity index (χ2n) is 5.13. The molecule has 5 heteroatoms. The third-order valence-electron chi connectivity index (χ3n) is 3.79.